The summed E-state index contributed by atoms with van der Waals surface area (Å²) in [5.41, 5.74) is 0.511. The molecule has 1 N–H and O–H groups in total. The molecule has 0 saturated carbocycles. The second kappa shape index (κ2) is 6.70. The first-order valence-electron chi connectivity index (χ1n) is 7.25. The molecule has 0 aromatic carbocycles. The molecule has 1 aromatic heterocycles. The number of amides is 1. The standard InChI is InChI=1S/C15H24N4O/c1-4-16-14-7-5-6-13(17-14)15(20)19(3)11-12-8-9-18(2)10-12/h5-7,12H,4,8-11H2,1-3H3,(H,16,17). The average molecular weight is 276 g/mol. The highest BCUT2D eigenvalue weighted by molar-refractivity contribution is 5.92. The molecule has 0 radical (unpaired) electrons. The predicted molar refractivity (Wildman–Crippen MR) is 81.0 cm³/mol. The minimum atomic E-state index is -0.000642. The van der Waals surface area contributed by atoms with Gasteiger partial charge < -0.3 is 15.1 Å². The number of pyridine rings is 1. The Hall–Kier alpha value is -1.62. The lowest BCUT2D eigenvalue weighted by Gasteiger charge is -2.21. The minimum Gasteiger partial charge on any atom is -0.370 e. The van der Waals surface area contributed by atoms with Crippen LogP contribution >= 0.6 is 0 Å². The molecule has 1 aromatic rings. The third-order valence-electron chi connectivity index (χ3n) is 3.69. The molecule has 20 heavy (non-hydrogen) atoms. The number of carbonyl (C=O) groups is 1. The smallest absolute Gasteiger partial charge is 0.272 e. The van der Waals surface area contributed by atoms with E-state index in [1.165, 1.54) is 6.42 Å². The molecular formula is C15H24N4O. The summed E-state index contributed by atoms with van der Waals surface area (Å²) in [6.07, 6.45) is 1.17. The molecule has 1 amide bonds. The number of hydrogen-bond acceptors (Lipinski definition) is 4. The van der Waals surface area contributed by atoms with Gasteiger partial charge in [-0.25, -0.2) is 4.98 Å². The van der Waals surface area contributed by atoms with Crippen molar-refractivity contribution in [3.05, 3.63) is 23.9 Å². The summed E-state index contributed by atoms with van der Waals surface area (Å²) in [5.74, 6) is 1.33. The van der Waals surface area contributed by atoms with Gasteiger partial charge in [-0.15, -0.1) is 0 Å². The Morgan fingerprint density at radius 1 is 1.55 bits per heavy atom. The summed E-state index contributed by atoms with van der Waals surface area (Å²) in [6, 6.07) is 5.53. The van der Waals surface area contributed by atoms with Crippen LogP contribution in [0, 0.1) is 5.92 Å². The summed E-state index contributed by atoms with van der Waals surface area (Å²) < 4.78 is 0. The van der Waals surface area contributed by atoms with E-state index >= 15 is 0 Å². The molecule has 1 aliphatic heterocycles. The first-order chi connectivity index (χ1) is 9.60. The fraction of sp³-hybridized carbons (Fsp3) is 0.600. The van der Waals surface area contributed by atoms with E-state index in [4.69, 9.17) is 0 Å². The average Bonchev–Trinajstić information content (AvgIpc) is 2.84. The first kappa shape index (κ1) is 14.8. The summed E-state index contributed by atoms with van der Waals surface area (Å²) in [4.78, 5) is 20.9. The normalized spacial score (nSPS) is 19.1. The summed E-state index contributed by atoms with van der Waals surface area (Å²) >= 11 is 0. The Morgan fingerprint density at radius 2 is 2.35 bits per heavy atom. The van der Waals surface area contributed by atoms with Crippen LogP contribution in [0.3, 0.4) is 0 Å². The van der Waals surface area contributed by atoms with Crippen LogP contribution in [0.4, 0.5) is 5.82 Å². The van der Waals surface area contributed by atoms with Gasteiger partial charge in [0.05, 0.1) is 0 Å². The van der Waals surface area contributed by atoms with E-state index in [2.05, 4.69) is 22.2 Å². The maximum atomic E-state index is 12.4. The number of hydrogen-bond donors (Lipinski definition) is 1. The fourth-order valence-electron chi connectivity index (χ4n) is 2.67. The predicted octanol–water partition coefficient (Wildman–Crippen LogP) is 1.54. The van der Waals surface area contributed by atoms with Gasteiger partial charge in [0, 0.05) is 26.7 Å². The second-order valence-electron chi connectivity index (χ2n) is 5.54. The van der Waals surface area contributed by atoms with Gasteiger partial charge in [0.25, 0.3) is 5.91 Å². The molecular weight excluding hydrogens is 252 g/mol. The first-order valence-corrected chi connectivity index (χ1v) is 7.25. The Bertz CT molecular complexity index is 463. The summed E-state index contributed by atoms with van der Waals surface area (Å²) in [6.45, 7) is 5.81. The maximum absolute atomic E-state index is 12.4. The van der Waals surface area contributed by atoms with Crippen LogP contribution in [0.1, 0.15) is 23.8 Å². The third kappa shape index (κ3) is 3.70. The summed E-state index contributed by atoms with van der Waals surface area (Å²) in [5, 5.41) is 3.13. The van der Waals surface area contributed by atoms with Gasteiger partial charge in [0.15, 0.2) is 0 Å². The van der Waals surface area contributed by atoms with E-state index in [-0.39, 0.29) is 5.91 Å². The topological polar surface area (TPSA) is 48.5 Å². The molecule has 2 rings (SSSR count). The quantitative estimate of drug-likeness (QED) is 0.886. The molecule has 5 nitrogen and oxygen atoms in total. The lowest BCUT2D eigenvalue weighted by atomic mass is 10.1. The lowest BCUT2D eigenvalue weighted by Crippen LogP contribution is -2.33. The molecule has 0 spiro atoms. The number of rotatable bonds is 5. The van der Waals surface area contributed by atoms with Gasteiger partial charge in [-0.3, -0.25) is 4.79 Å². The largest absolute Gasteiger partial charge is 0.370 e. The van der Waals surface area contributed by atoms with Gasteiger partial charge >= 0.3 is 0 Å². The molecule has 110 valence electrons. The van der Waals surface area contributed by atoms with E-state index < -0.39 is 0 Å². The van der Waals surface area contributed by atoms with E-state index in [1.54, 1.807) is 11.0 Å². The number of nitrogens with zero attached hydrogens (tertiary/aromatic N) is 3. The van der Waals surface area contributed by atoms with Crippen LogP contribution in [-0.2, 0) is 0 Å². The highest BCUT2D eigenvalue weighted by Crippen LogP contribution is 2.16. The van der Waals surface area contributed by atoms with Crippen molar-refractivity contribution >= 4 is 11.7 Å². The Balaban J connectivity index is 1.97. The van der Waals surface area contributed by atoms with Gasteiger partial charge in [-0.1, -0.05) is 6.07 Å². The molecule has 1 fully saturated rings. The zero-order valence-electron chi connectivity index (χ0n) is 12.6. The number of nitrogens with one attached hydrogen (secondary N) is 1. The third-order valence-corrected chi connectivity index (χ3v) is 3.69. The van der Waals surface area contributed by atoms with Crippen molar-refractivity contribution in [3.63, 3.8) is 0 Å². The van der Waals surface area contributed by atoms with Gasteiger partial charge in [-0.05, 0) is 45.0 Å². The Morgan fingerprint density at radius 3 is 3.00 bits per heavy atom. The molecule has 1 atom stereocenters. The molecule has 1 saturated heterocycles. The molecule has 0 aliphatic carbocycles. The Kier molecular flexibility index (Phi) is 4.95. The molecule has 1 aliphatic rings. The van der Waals surface area contributed by atoms with Crippen molar-refractivity contribution in [2.75, 3.05) is 45.6 Å². The van der Waals surface area contributed by atoms with Crippen LogP contribution in [0.5, 0.6) is 0 Å². The molecule has 5 heteroatoms. The Labute approximate surface area is 121 Å². The van der Waals surface area contributed by atoms with Gasteiger partial charge in [0.1, 0.15) is 11.5 Å². The van der Waals surface area contributed by atoms with Crippen LogP contribution in [0.15, 0.2) is 18.2 Å². The van der Waals surface area contributed by atoms with Gasteiger partial charge in [0.2, 0.25) is 0 Å². The monoisotopic (exact) mass is 276 g/mol. The maximum Gasteiger partial charge on any atom is 0.272 e. The van der Waals surface area contributed by atoms with E-state index in [1.807, 2.05) is 26.1 Å². The van der Waals surface area contributed by atoms with E-state index in [0.29, 0.717) is 11.6 Å². The van der Waals surface area contributed by atoms with Crippen molar-refractivity contribution in [1.29, 1.82) is 0 Å². The lowest BCUT2D eigenvalue weighted by molar-refractivity contribution is 0.0768. The molecule has 1 unspecified atom stereocenters. The number of aromatic nitrogens is 1. The van der Waals surface area contributed by atoms with Gasteiger partial charge in [-0.2, -0.15) is 0 Å². The van der Waals surface area contributed by atoms with E-state index in [9.17, 15) is 4.79 Å². The zero-order valence-corrected chi connectivity index (χ0v) is 12.6. The van der Waals surface area contributed by atoms with Crippen molar-refractivity contribution in [2.45, 2.75) is 13.3 Å². The second-order valence-corrected chi connectivity index (χ2v) is 5.54. The molecule has 0 bridgehead atoms. The SMILES string of the molecule is CCNc1cccc(C(=O)N(C)CC2CCN(C)C2)n1. The van der Waals surface area contributed by atoms with Crippen LogP contribution < -0.4 is 5.32 Å². The highest BCUT2D eigenvalue weighted by atomic mass is 16.2. The number of carbonyl (C=O) groups excluding carboxylic acids is 1. The van der Waals surface area contributed by atoms with Crippen LogP contribution in [0.25, 0.3) is 0 Å². The van der Waals surface area contributed by atoms with Crippen molar-refractivity contribution in [2.24, 2.45) is 5.92 Å². The number of anilines is 1. The zero-order chi connectivity index (χ0) is 14.5. The van der Waals surface area contributed by atoms with Crippen LogP contribution in [-0.4, -0.2) is 61.0 Å². The van der Waals surface area contributed by atoms with E-state index in [0.717, 1.165) is 32.0 Å². The van der Waals surface area contributed by atoms with Crippen LogP contribution in [0.2, 0.25) is 0 Å². The minimum absolute atomic E-state index is 0.000642. The highest BCUT2D eigenvalue weighted by Gasteiger charge is 2.23. The van der Waals surface area contributed by atoms with Crippen molar-refractivity contribution in [3.8, 4) is 0 Å². The molecule has 2 heterocycles. The van der Waals surface area contributed by atoms with Crippen molar-refractivity contribution in [1.82, 2.24) is 14.8 Å². The van der Waals surface area contributed by atoms with Crippen molar-refractivity contribution < 1.29 is 4.79 Å². The number of likely N-dealkylation sites (tertiary alicyclic amines) is 1. The fourth-order valence-corrected chi connectivity index (χ4v) is 2.67. The summed E-state index contributed by atoms with van der Waals surface area (Å²) in [7, 11) is 3.99.